The van der Waals surface area contributed by atoms with E-state index in [1.807, 2.05) is 6.92 Å². The minimum absolute atomic E-state index is 0.00119. The molecular weight excluding hydrogens is 600 g/mol. The van der Waals surface area contributed by atoms with E-state index in [2.05, 4.69) is 36.0 Å². The number of amides is 1. The Balaban J connectivity index is 1.65. The third-order valence-corrected chi connectivity index (χ3v) is 7.99. The van der Waals surface area contributed by atoms with Crippen molar-refractivity contribution in [3.63, 3.8) is 0 Å². The number of carbonyl (C=O) groups excluding carboxylic acids is 1. The fourth-order valence-electron chi connectivity index (χ4n) is 4.78. The lowest BCUT2D eigenvalue weighted by molar-refractivity contribution is -0.137. The van der Waals surface area contributed by atoms with Crippen molar-refractivity contribution >= 4 is 37.1 Å². The normalized spacial score (nSPS) is 14.7. The highest BCUT2D eigenvalue weighted by molar-refractivity contribution is 7.38. The van der Waals surface area contributed by atoms with Crippen LogP contribution in [0.2, 0.25) is 0 Å². The zero-order valence-corrected chi connectivity index (χ0v) is 25.1. The van der Waals surface area contributed by atoms with Gasteiger partial charge in [0.15, 0.2) is 5.69 Å². The quantitative estimate of drug-likeness (QED) is 0.230. The van der Waals surface area contributed by atoms with Crippen LogP contribution in [0.4, 0.5) is 36.3 Å². The average molecular weight is 630 g/mol. The second-order valence-corrected chi connectivity index (χ2v) is 11.1. The summed E-state index contributed by atoms with van der Waals surface area (Å²) in [6.45, 7) is 4.37. The van der Waals surface area contributed by atoms with Gasteiger partial charge < -0.3 is 20.7 Å². The van der Waals surface area contributed by atoms with Gasteiger partial charge in [-0.15, -0.1) is 4.52 Å². The van der Waals surface area contributed by atoms with Gasteiger partial charge in [0.05, 0.1) is 29.9 Å². The number of rotatable bonds is 2. The first-order chi connectivity index (χ1) is 21.0. The summed E-state index contributed by atoms with van der Waals surface area (Å²) >= 11 is 0. The summed E-state index contributed by atoms with van der Waals surface area (Å²) in [5.74, 6) is -1.06. The number of halogens is 3. The monoisotopic (exact) mass is 629 g/mol. The Labute approximate surface area is 251 Å². The number of pyridine rings is 1. The smallest absolute Gasteiger partial charge is 0.495 e. The number of nitrogens with one attached hydrogen (secondary N) is 3. The summed E-state index contributed by atoms with van der Waals surface area (Å²) < 4.78 is 67.6. The first-order valence-corrected chi connectivity index (χ1v) is 14.8. The molecule has 0 saturated carbocycles. The van der Waals surface area contributed by atoms with Crippen molar-refractivity contribution in [1.29, 1.82) is 0 Å². The van der Waals surface area contributed by atoms with E-state index in [1.165, 1.54) is 20.2 Å². The van der Waals surface area contributed by atoms with E-state index in [1.54, 1.807) is 35.9 Å². The maximum Gasteiger partial charge on any atom is 0.512 e. The van der Waals surface area contributed by atoms with Crippen LogP contribution in [0.1, 0.15) is 39.4 Å². The molecule has 16 heteroatoms. The van der Waals surface area contributed by atoms with Crippen molar-refractivity contribution in [2.75, 3.05) is 31.4 Å². The number of hydrogen-bond donors (Lipinski definition) is 3. The van der Waals surface area contributed by atoms with Crippen molar-refractivity contribution in [1.82, 2.24) is 30.0 Å². The maximum absolute atomic E-state index is 14.0. The van der Waals surface area contributed by atoms with E-state index in [-0.39, 0.29) is 30.1 Å². The van der Waals surface area contributed by atoms with E-state index in [0.29, 0.717) is 53.1 Å². The second kappa shape index (κ2) is 12.5. The number of aromatic nitrogens is 5. The summed E-state index contributed by atoms with van der Waals surface area (Å²) in [6, 6.07) is 8.02. The lowest BCUT2D eigenvalue weighted by Gasteiger charge is -2.17. The Bertz CT molecular complexity index is 1740. The molecule has 8 rings (SSSR count). The molecule has 1 atom stereocenters. The Morgan fingerprint density at radius 2 is 1.91 bits per heavy atom. The molecule has 0 saturated heterocycles. The summed E-state index contributed by atoms with van der Waals surface area (Å²) in [7, 11) is 0.794. The summed E-state index contributed by atoms with van der Waals surface area (Å²) in [6.07, 6.45) is -3.50. The number of ether oxygens (including phenoxy) is 1. The number of alkyl halides is 3. The summed E-state index contributed by atoms with van der Waals surface area (Å²) in [4.78, 5) is 25.4. The molecule has 0 radical (unpaired) electrons. The lowest BCUT2D eigenvalue weighted by atomic mass is 10.1. The Morgan fingerprint density at radius 1 is 1.14 bits per heavy atom. The number of nitrogens with zero attached hydrogens (tertiary/aromatic N) is 5. The molecule has 8 bridgehead atoms. The standard InChI is InChI=1S/C28H28F3N8O4P/c1-15-23-16(2)39(38-15)10-5-11-43-44(41)14-17-6-7-19(22(12-17)42-4)36-27-33-13-18(28(29,30)31)25(37-27)35-21-9-8-20(23)34-24(21)26(40)32-3/h6-9,12-13H,5,10-11,14H2,1-4H3,(H2-,32,33,35,36,37,40)/p+1. The van der Waals surface area contributed by atoms with Crippen molar-refractivity contribution in [2.24, 2.45) is 0 Å². The van der Waals surface area contributed by atoms with Gasteiger partial charge in [-0.2, -0.15) is 23.3 Å². The molecule has 230 valence electrons. The fourth-order valence-corrected chi connectivity index (χ4v) is 5.70. The highest BCUT2D eigenvalue weighted by Crippen LogP contribution is 2.38. The van der Waals surface area contributed by atoms with Crippen LogP contribution >= 0.6 is 8.03 Å². The first kappa shape index (κ1) is 30.8. The van der Waals surface area contributed by atoms with Gasteiger partial charge >= 0.3 is 14.2 Å². The molecular formula is C28H29F3N8O4P+. The molecule has 4 aliphatic rings. The largest absolute Gasteiger partial charge is 0.512 e. The van der Waals surface area contributed by atoms with Gasteiger partial charge in [0.1, 0.15) is 23.7 Å². The third-order valence-electron chi connectivity index (χ3n) is 6.90. The lowest BCUT2D eigenvalue weighted by Crippen LogP contribution is -2.21. The second-order valence-electron chi connectivity index (χ2n) is 9.86. The fraction of sp³-hybridized carbons (Fsp3) is 0.321. The van der Waals surface area contributed by atoms with Crippen molar-refractivity contribution in [3.8, 4) is 17.0 Å². The molecule has 1 amide bonds. The van der Waals surface area contributed by atoms with Crippen LogP contribution in [-0.2, 0) is 28.0 Å². The molecule has 4 aliphatic heterocycles. The van der Waals surface area contributed by atoms with Crippen LogP contribution in [-0.4, -0.2) is 51.4 Å². The minimum atomic E-state index is -4.81. The molecule has 7 heterocycles. The number of carbonyl (C=O) groups is 1. The van der Waals surface area contributed by atoms with Gasteiger partial charge in [-0.25, -0.2) is 9.97 Å². The minimum Gasteiger partial charge on any atom is -0.495 e. The summed E-state index contributed by atoms with van der Waals surface area (Å²) in [5.41, 5.74) is 2.24. The molecule has 1 unspecified atom stereocenters. The first-order valence-electron chi connectivity index (χ1n) is 13.5. The van der Waals surface area contributed by atoms with Crippen LogP contribution in [0.5, 0.6) is 5.75 Å². The van der Waals surface area contributed by atoms with Crippen LogP contribution in [0.3, 0.4) is 0 Å². The zero-order chi connectivity index (χ0) is 31.6. The molecule has 4 aromatic rings. The van der Waals surface area contributed by atoms with Gasteiger partial charge in [-0.05, 0) is 49.1 Å². The number of aryl methyl sites for hydroxylation is 2. The Hall–Kier alpha value is -4.62. The highest BCUT2D eigenvalue weighted by Gasteiger charge is 2.36. The molecule has 3 N–H and O–H groups in total. The number of methoxy groups -OCH3 is 1. The average Bonchev–Trinajstić information content (AvgIpc) is 3.27. The van der Waals surface area contributed by atoms with Crippen LogP contribution in [0, 0.1) is 13.8 Å². The van der Waals surface area contributed by atoms with E-state index < -0.39 is 31.5 Å². The predicted molar refractivity (Wildman–Crippen MR) is 157 cm³/mol. The van der Waals surface area contributed by atoms with Crippen molar-refractivity contribution < 1.29 is 31.8 Å². The van der Waals surface area contributed by atoms with Crippen LogP contribution in [0.15, 0.2) is 36.5 Å². The van der Waals surface area contributed by atoms with Gasteiger partial charge in [-0.3, -0.25) is 9.48 Å². The van der Waals surface area contributed by atoms with Crippen molar-refractivity contribution in [3.05, 3.63) is 64.7 Å². The van der Waals surface area contributed by atoms with E-state index in [4.69, 9.17) is 9.26 Å². The van der Waals surface area contributed by atoms with Gasteiger partial charge in [0, 0.05) is 36.6 Å². The molecule has 1 aromatic carbocycles. The SMILES string of the molecule is CNC(=O)c1nc2ccc1Nc1nc(ncc1C(F)(F)F)Nc1ccc(cc1OC)C[P+](=O)OCCCn1nc(C)c-2c1C. The van der Waals surface area contributed by atoms with Crippen molar-refractivity contribution in [2.45, 2.75) is 39.2 Å². The van der Waals surface area contributed by atoms with E-state index >= 15 is 0 Å². The molecule has 44 heavy (non-hydrogen) atoms. The predicted octanol–water partition coefficient (Wildman–Crippen LogP) is 5.89. The molecule has 0 fully saturated rings. The van der Waals surface area contributed by atoms with E-state index in [0.717, 1.165) is 5.69 Å². The Kier molecular flexibility index (Phi) is 8.79. The number of benzene rings is 1. The van der Waals surface area contributed by atoms with Crippen LogP contribution in [0.25, 0.3) is 11.3 Å². The maximum atomic E-state index is 14.0. The molecule has 0 aliphatic carbocycles. The van der Waals surface area contributed by atoms with Crippen LogP contribution < -0.4 is 20.7 Å². The zero-order valence-electron chi connectivity index (χ0n) is 24.2. The van der Waals surface area contributed by atoms with Gasteiger partial charge in [-0.1, -0.05) is 6.07 Å². The van der Waals surface area contributed by atoms with Gasteiger partial charge in [0.2, 0.25) is 12.1 Å². The van der Waals surface area contributed by atoms with Gasteiger partial charge in [0.25, 0.3) is 5.91 Å². The highest BCUT2D eigenvalue weighted by atomic mass is 31.1. The van der Waals surface area contributed by atoms with E-state index in [9.17, 15) is 22.5 Å². The topological polar surface area (TPSA) is 145 Å². The Morgan fingerprint density at radius 3 is 2.64 bits per heavy atom. The molecule has 3 aromatic heterocycles. The third kappa shape index (κ3) is 6.48. The molecule has 0 spiro atoms. The summed E-state index contributed by atoms with van der Waals surface area (Å²) in [5, 5.41) is 12.6. The number of anilines is 4. The molecule has 12 nitrogen and oxygen atoms in total. The number of hydrogen-bond acceptors (Lipinski definition) is 10.